The van der Waals surface area contributed by atoms with Crippen LogP contribution in [0, 0.1) is 6.92 Å². The van der Waals surface area contributed by atoms with Crippen molar-refractivity contribution >= 4 is 11.7 Å². The van der Waals surface area contributed by atoms with Crippen molar-refractivity contribution in [3.05, 3.63) is 65.9 Å². The van der Waals surface area contributed by atoms with Gasteiger partial charge in [-0.15, -0.1) is 0 Å². The average molecular weight is 390 g/mol. The molecular formula is C22H26N6O. The molecule has 1 aromatic carbocycles. The van der Waals surface area contributed by atoms with Crippen molar-refractivity contribution in [1.82, 2.24) is 24.6 Å². The minimum Gasteiger partial charge on any atom is -0.353 e. The van der Waals surface area contributed by atoms with Crippen LogP contribution in [0.3, 0.4) is 0 Å². The lowest BCUT2D eigenvalue weighted by molar-refractivity contribution is 0.0746. The second kappa shape index (κ2) is 8.03. The number of anilines is 1. The Balaban J connectivity index is 1.49. The quantitative estimate of drug-likeness (QED) is 0.685. The van der Waals surface area contributed by atoms with Crippen molar-refractivity contribution in [3.63, 3.8) is 0 Å². The van der Waals surface area contributed by atoms with Crippen LogP contribution in [0.4, 0.5) is 5.82 Å². The third-order valence-electron chi connectivity index (χ3n) is 5.15. The number of benzene rings is 1. The van der Waals surface area contributed by atoms with Crippen LogP contribution in [0.1, 0.15) is 41.6 Å². The van der Waals surface area contributed by atoms with Crippen LogP contribution in [-0.2, 0) is 0 Å². The molecule has 1 saturated heterocycles. The molecule has 7 nitrogen and oxygen atoms in total. The third kappa shape index (κ3) is 3.99. The number of aromatic nitrogens is 4. The van der Waals surface area contributed by atoms with Crippen LogP contribution in [0.15, 0.2) is 48.8 Å². The second-order valence-corrected chi connectivity index (χ2v) is 7.63. The van der Waals surface area contributed by atoms with Gasteiger partial charge in [0.25, 0.3) is 5.91 Å². The Morgan fingerprint density at radius 1 is 1.03 bits per heavy atom. The van der Waals surface area contributed by atoms with Gasteiger partial charge in [0.1, 0.15) is 11.6 Å². The van der Waals surface area contributed by atoms with Gasteiger partial charge in [-0.2, -0.15) is 5.10 Å². The molecular weight excluding hydrogens is 364 g/mol. The smallest absolute Gasteiger partial charge is 0.256 e. The molecule has 0 radical (unpaired) electrons. The molecule has 0 spiro atoms. The molecule has 2 aromatic heterocycles. The molecule has 29 heavy (non-hydrogen) atoms. The summed E-state index contributed by atoms with van der Waals surface area (Å²) in [7, 11) is 0. The maximum Gasteiger partial charge on any atom is 0.256 e. The zero-order valence-corrected chi connectivity index (χ0v) is 17.1. The van der Waals surface area contributed by atoms with Gasteiger partial charge in [0.05, 0.1) is 11.3 Å². The second-order valence-electron chi connectivity index (χ2n) is 7.63. The van der Waals surface area contributed by atoms with Crippen LogP contribution in [0.5, 0.6) is 0 Å². The summed E-state index contributed by atoms with van der Waals surface area (Å²) in [5.41, 5.74) is 2.45. The monoisotopic (exact) mass is 390 g/mol. The SMILES string of the molecule is Cc1cc(N2CCN(C(=O)c3ccccc3-n3cccn3)CC2)nc(C(C)C)n1. The van der Waals surface area contributed by atoms with Crippen molar-refractivity contribution in [2.75, 3.05) is 31.1 Å². The van der Waals surface area contributed by atoms with E-state index >= 15 is 0 Å². The Kier molecular flexibility index (Phi) is 5.29. The first kappa shape index (κ1) is 19.1. The topological polar surface area (TPSA) is 67.2 Å². The van der Waals surface area contributed by atoms with E-state index in [0.29, 0.717) is 18.7 Å². The molecule has 0 atom stereocenters. The van der Waals surface area contributed by atoms with Crippen molar-refractivity contribution in [2.24, 2.45) is 0 Å². The summed E-state index contributed by atoms with van der Waals surface area (Å²) in [6, 6.07) is 11.5. The predicted molar refractivity (Wildman–Crippen MR) is 113 cm³/mol. The first-order valence-electron chi connectivity index (χ1n) is 10.0. The lowest BCUT2D eigenvalue weighted by Crippen LogP contribution is -2.49. The van der Waals surface area contributed by atoms with Gasteiger partial charge in [0.15, 0.2) is 0 Å². The maximum absolute atomic E-state index is 13.2. The number of rotatable bonds is 4. The number of carbonyl (C=O) groups excluding carboxylic acids is 1. The predicted octanol–water partition coefficient (Wildman–Crippen LogP) is 3.06. The molecule has 7 heteroatoms. The number of nitrogens with zero attached hydrogens (tertiary/aromatic N) is 6. The van der Waals surface area contributed by atoms with Crippen molar-refractivity contribution in [2.45, 2.75) is 26.7 Å². The summed E-state index contributed by atoms with van der Waals surface area (Å²) in [6.07, 6.45) is 3.57. The van der Waals surface area contributed by atoms with Crippen molar-refractivity contribution in [3.8, 4) is 5.69 Å². The summed E-state index contributed by atoms with van der Waals surface area (Å²) in [6.45, 7) is 9.04. The lowest BCUT2D eigenvalue weighted by Gasteiger charge is -2.36. The first-order valence-corrected chi connectivity index (χ1v) is 10.0. The van der Waals surface area contributed by atoms with Gasteiger partial charge in [-0.05, 0) is 25.1 Å². The number of aryl methyl sites for hydroxylation is 1. The molecule has 1 aliphatic heterocycles. The van der Waals surface area contributed by atoms with Gasteiger partial charge in [-0.3, -0.25) is 4.79 Å². The fourth-order valence-corrected chi connectivity index (χ4v) is 3.57. The van der Waals surface area contributed by atoms with Gasteiger partial charge < -0.3 is 9.80 Å². The number of hydrogen-bond acceptors (Lipinski definition) is 5. The molecule has 3 heterocycles. The highest BCUT2D eigenvalue weighted by molar-refractivity contribution is 5.97. The fourth-order valence-electron chi connectivity index (χ4n) is 3.57. The average Bonchev–Trinajstić information content (AvgIpc) is 3.27. The Bertz CT molecular complexity index is 990. The van der Waals surface area contributed by atoms with Crippen molar-refractivity contribution < 1.29 is 4.79 Å². The van der Waals surface area contributed by atoms with E-state index in [1.54, 1.807) is 10.9 Å². The van der Waals surface area contributed by atoms with E-state index in [0.717, 1.165) is 36.1 Å². The van der Waals surface area contributed by atoms with Crippen LogP contribution >= 0.6 is 0 Å². The summed E-state index contributed by atoms with van der Waals surface area (Å²) in [5, 5.41) is 4.28. The van der Waals surface area contributed by atoms with Crippen LogP contribution in [-0.4, -0.2) is 56.7 Å². The van der Waals surface area contributed by atoms with E-state index in [2.05, 4.69) is 28.8 Å². The van der Waals surface area contributed by atoms with Gasteiger partial charge in [-0.1, -0.05) is 26.0 Å². The number of hydrogen-bond donors (Lipinski definition) is 0. The molecule has 0 N–H and O–H groups in total. The molecule has 0 unspecified atom stereocenters. The summed E-state index contributed by atoms with van der Waals surface area (Å²) >= 11 is 0. The highest BCUT2D eigenvalue weighted by atomic mass is 16.2. The van der Waals surface area contributed by atoms with Gasteiger partial charge in [0.2, 0.25) is 0 Å². The molecule has 1 fully saturated rings. The van der Waals surface area contributed by atoms with E-state index in [9.17, 15) is 4.79 Å². The molecule has 0 saturated carbocycles. The third-order valence-corrected chi connectivity index (χ3v) is 5.15. The number of amides is 1. The summed E-state index contributed by atoms with van der Waals surface area (Å²) in [4.78, 5) is 26.6. The number of piperazine rings is 1. The van der Waals surface area contributed by atoms with Gasteiger partial charge >= 0.3 is 0 Å². The molecule has 3 aromatic rings. The summed E-state index contributed by atoms with van der Waals surface area (Å²) < 4.78 is 1.74. The van der Waals surface area contributed by atoms with Crippen molar-refractivity contribution in [1.29, 1.82) is 0 Å². The number of carbonyl (C=O) groups is 1. The number of para-hydroxylation sites is 1. The Morgan fingerprint density at radius 2 is 1.79 bits per heavy atom. The van der Waals surface area contributed by atoms with Crippen LogP contribution in [0.25, 0.3) is 5.69 Å². The van der Waals surface area contributed by atoms with E-state index in [-0.39, 0.29) is 11.8 Å². The maximum atomic E-state index is 13.2. The molecule has 1 aliphatic rings. The van der Waals surface area contributed by atoms with E-state index in [1.165, 1.54) is 0 Å². The molecule has 1 amide bonds. The molecule has 0 aliphatic carbocycles. The standard InChI is InChI=1S/C22H26N6O/c1-16(2)21-24-17(3)15-20(25-21)26-11-13-27(14-12-26)22(29)18-7-4-5-8-19(18)28-10-6-9-23-28/h4-10,15-16H,11-14H2,1-3H3. The van der Waals surface area contributed by atoms with Crippen LogP contribution < -0.4 is 4.90 Å². The minimum absolute atomic E-state index is 0.0393. The molecule has 150 valence electrons. The molecule has 4 rings (SSSR count). The van der Waals surface area contributed by atoms with Gasteiger partial charge in [-0.25, -0.2) is 14.6 Å². The highest BCUT2D eigenvalue weighted by Crippen LogP contribution is 2.21. The zero-order chi connectivity index (χ0) is 20.4. The molecule has 0 bridgehead atoms. The van der Waals surface area contributed by atoms with Gasteiger partial charge in [0, 0.05) is 56.3 Å². The largest absolute Gasteiger partial charge is 0.353 e. The minimum atomic E-state index is 0.0393. The van der Waals surface area contributed by atoms with E-state index in [4.69, 9.17) is 4.98 Å². The Morgan fingerprint density at radius 3 is 2.48 bits per heavy atom. The Labute approximate surface area is 171 Å². The fraction of sp³-hybridized carbons (Fsp3) is 0.364. The highest BCUT2D eigenvalue weighted by Gasteiger charge is 2.25. The zero-order valence-electron chi connectivity index (χ0n) is 17.1. The summed E-state index contributed by atoms with van der Waals surface area (Å²) in [5.74, 6) is 2.14. The van der Waals surface area contributed by atoms with E-state index < -0.39 is 0 Å². The normalized spacial score (nSPS) is 14.5. The van der Waals surface area contributed by atoms with E-state index in [1.807, 2.05) is 54.4 Å². The Hall–Kier alpha value is -3.22. The lowest BCUT2D eigenvalue weighted by atomic mass is 10.1. The van der Waals surface area contributed by atoms with Crippen LogP contribution in [0.2, 0.25) is 0 Å². The first-order chi connectivity index (χ1) is 14.0.